The lowest BCUT2D eigenvalue weighted by molar-refractivity contribution is 0.497. The van der Waals surface area contributed by atoms with Gasteiger partial charge >= 0.3 is 0 Å². The SMILES string of the molecule is CC(O)=c1c(=Nc2ccccc2)nc2cccc3c2=c1c1ccccc1c3=O. The van der Waals surface area contributed by atoms with E-state index in [1.807, 2.05) is 72.8 Å². The lowest BCUT2D eigenvalue weighted by Gasteiger charge is -2.07. The van der Waals surface area contributed by atoms with E-state index in [9.17, 15) is 9.90 Å². The number of hydrogen-bond donors (Lipinski definition) is 1. The molecule has 2 aliphatic rings. The Hall–Kier alpha value is -3.79. The van der Waals surface area contributed by atoms with Gasteiger partial charge in [0.25, 0.3) is 0 Å². The molecular formula is C24H16N2O2. The van der Waals surface area contributed by atoms with Gasteiger partial charge < -0.3 is 5.11 Å². The zero-order chi connectivity index (χ0) is 19.3. The molecule has 0 aromatic heterocycles. The van der Waals surface area contributed by atoms with Crippen LogP contribution in [0.5, 0.6) is 0 Å². The van der Waals surface area contributed by atoms with E-state index in [0.29, 0.717) is 27.0 Å². The van der Waals surface area contributed by atoms with E-state index in [1.165, 1.54) is 0 Å². The summed E-state index contributed by atoms with van der Waals surface area (Å²) < 4.78 is 0. The molecule has 5 rings (SSSR count). The van der Waals surface area contributed by atoms with Gasteiger partial charge in [-0.3, -0.25) is 4.79 Å². The van der Waals surface area contributed by atoms with Gasteiger partial charge in [-0.1, -0.05) is 54.6 Å². The Bertz CT molecular complexity index is 1590. The second-order valence-electron chi connectivity index (χ2n) is 6.79. The standard InChI is InChI=1S/C24H16N2O2/c1-14(27)20-22-16-10-5-6-11-17(16)23(28)18-12-7-13-19(21(18)22)26-24(20)25-15-8-3-2-4-9-15/h2-13,27H,1H3. The van der Waals surface area contributed by atoms with Gasteiger partial charge in [0.1, 0.15) is 5.76 Å². The number of fused-ring (bicyclic) bond motifs is 2. The number of rotatable bonds is 1. The van der Waals surface area contributed by atoms with Gasteiger partial charge in [0.2, 0.25) is 0 Å². The molecule has 1 aliphatic heterocycles. The van der Waals surface area contributed by atoms with Crippen LogP contribution >= 0.6 is 0 Å². The number of aliphatic hydroxyl groups is 1. The van der Waals surface area contributed by atoms with Crippen molar-refractivity contribution in [2.24, 2.45) is 4.99 Å². The van der Waals surface area contributed by atoms with Crippen LogP contribution in [-0.2, 0) is 0 Å². The first-order valence-electron chi connectivity index (χ1n) is 9.05. The number of hydrogen-bond acceptors (Lipinski definition) is 4. The van der Waals surface area contributed by atoms with Crippen LogP contribution in [-0.4, -0.2) is 10.1 Å². The van der Waals surface area contributed by atoms with Crippen LogP contribution < -0.4 is 16.1 Å². The summed E-state index contributed by atoms with van der Waals surface area (Å²) in [5.74, 6) is 0.123. The molecule has 3 aromatic rings. The highest BCUT2D eigenvalue weighted by atomic mass is 16.3. The van der Waals surface area contributed by atoms with Crippen molar-refractivity contribution in [1.29, 1.82) is 0 Å². The first-order chi connectivity index (χ1) is 13.6. The van der Waals surface area contributed by atoms with Crippen molar-refractivity contribution in [1.82, 2.24) is 4.98 Å². The van der Waals surface area contributed by atoms with Crippen molar-refractivity contribution in [3.63, 3.8) is 0 Å². The van der Waals surface area contributed by atoms with Crippen LogP contribution in [0.1, 0.15) is 6.92 Å². The van der Waals surface area contributed by atoms with Gasteiger partial charge in [-0.15, -0.1) is 0 Å². The van der Waals surface area contributed by atoms with Crippen LogP contribution in [0.15, 0.2) is 82.6 Å². The Kier molecular flexibility index (Phi) is 3.59. The maximum absolute atomic E-state index is 13.0. The molecule has 134 valence electrons. The second-order valence-corrected chi connectivity index (χ2v) is 6.79. The number of aliphatic hydroxyl groups excluding tert-OH is 1. The van der Waals surface area contributed by atoms with Crippen LogP contribution in [0.25, 0.3) is 27.4 Å². The van der Waals surface area contributed by atoms with Crippen molar-refractivity contribution in [2.45, 2.75) is 6.92 Å². The van der Waals surface area contributed by atoms with Crippen LogP contribution in [0.2, 0.25) is 0 Å². The summed E-state index contributed by atoms with van der Waals surface area (Å²) in [6.45, 7) is 1.63. The summed E-state index contributed by atoms with van der Waals surface area (Å²) in [6, 6.07) is 22.5. The molecule has 0 radical (unpaired) electrons. The third kappa shape index (κ3) is 2.35. The maximum atomic E-state index is 13.0. The van der Waals surface area contributed by atoms with Crippen molar-refractivity contribution in [3.8, 4) is 0 Å². The van der Waals surface area contributed by atoms with Crippen LogP contribution in [0, 0.1) is 10.4 Å². The summed E-state index contributed by atoms with van der Waals surface area (Å²) in [5.41, 5.74) is 1.86. The topological polar surface area (TPSA) is 62.6 Å². The zero-order valence-corrected chi connectivity index (χ0v) is 15.2. The summed E-state index contributed by atoms with van der Waals surface area (Å²) in [6.07, 6.45) is 0. The normalized spacial score (nSPS) is 13.5. The number of para-hydroxylation sites is 1. The molecule has 4 nitrogen and oxygen atoms in total. The summed E-state index contributed by atoms with van der Waals surface area (Å²) in [4.78, 5) is 22.4. The summed E-state index contributed by atoms with van der Waals surface area (Å²) in [7, 11) is 0. The summed E-state index contributed by atoms with van der Waals surface area (Å²) in [5, 5.41) is 14.8. The minimum atomic E-state index is -0.0233. The van der Waals surface area contributed by atoms with Crippen molar-refractivity contribution in [3.05, 3.63) is 104 Å². The molecule has 1 N–H and O–H groups in total. The van der Waals surface area contributed by atoms with Gasteiger partial charge in [-0.05, 0) is 30.5 Å². The second kappa shape index (κ2) is 6.13. The Balaban J connectivity index is 2.20. The van der Waals surface area contributed by atoms with Crippen LogP contribution in [0.4, 0.5) is 5.69 Å². The highest BCUT2D eigenvalue weighted by Crippen LogP contribution is 2.18. The smallest absolute Gasteiger partial charge is 0.194 e. The molecule has 4 heteroatoms. The molecular weight excluding hydrogens is 348 g/mol. The summed E-state index contributed by atoms with van der Waals surface area (Å²) >= 11 is 0. The molecule has 0 amide bonds. The first kappa shape index (κ1) is 16.4. The van der Waals surface area contributed by atoms with Crippen LogP contribution in [0.3, 0.4) is 0 Å². The largest absolute Gasteiger partial charge is 0.512 e. The van der Waals surface area contributed by atoms with E-state index in [1.54, 1.807) is 6.92 Å². The van der Waals surface area contributed by atoms with E-state index in [2.05, 4.69) is 4.99 Å². The molecule has 0 saturated carbocycles. The average molecular weight is 364 g/mol. The zero-order valence-electron chi connectivity index (χ0n) is 15.2. The Morgan fingerprint density at radius 2 is 1.50 bits per heavy atom. The van der Waals surface area contributed by atoms with E-state index >= 15 is 0 Å². The third-order valence-electron chi connectivity index (χ3n) is 5.03. The van der Waals surface area contributed by atoms with Crippen molar-refractivity contribution >= 4 is 33.1 Å². The lowest BCUT2D eigenvalue weighted by Crippen LogP contribution is -2.33. The molecule has 0 unspecified atom stereocenters. The van der Waals surface area contributed by atoms with E-state index < -0.39 is 0 Å². The predicted molar refractivity (Wildman–Crippen MR) is 111 cm³/mol. The maximum Gasteiger partial charge on any atom is 0.194 e. The van der Waals surface area contributed by atoms with Crippen molar-refractivity contribution < 1.29 is 5.11 Å². The Morgan fingerprint density at radius 3 is 2.25 bits per heavy atom. The average Bonchev–Trinajstić information content (AvgIpc) is 2.72. The van der Waals surface area contributed by atoms with Gasteiger partial charge in [0.15, 0.2) is 10.9 Å². The fourth-order valence-corrected chi connectivity index (χ4v) is 3.85. The highest BCUT2D eigenvalue weighted by Gasteiger charge is 2.13. The van der Waals surface area contributed by atoms with Crippen molar-refractivity contribution in [2.75, 3.05) is 0 Å². The molecule has 1 aliphatic carbocycles. The number of benzene rings is 3. The van der Waals surface area contributed by atoms with Gasteiger partial charge in [-0.2, -0.15) is 0 Å². The van der Waals surface area contributed by atoms with E-state index in [-0.39, 0.29) is 11.2 Å². The fourth-order valence-electron chi connectivity index (χ4n) is 3.85. The molecule has 0 atom stereocenters. The van der Waals surface area contributed by atoms with Gasteiger partial charge in [0.05, 0.1) is 16.4 Å². The fraction of sp³-hybridized carbons (Fsp3) is 0.0417. The van der Waals surface area contributed by atoms with E-state index in [4.69, 9.17) is 4.98 Å². The molecule has 3 aromatic carbocycles. The van der Waals surface area contributed by atoms with E-state index in [0.717, 1.165) is 21.5 Å². The van der Waals surface area contributed by atoms with Gasteiger partial charge in [-0.25, -0.2) is 9.98 Å². The molecule has 0 saturated heterocycles. The Morgan fingerprint density at radius 1 is 0.821 bits per heavy atom. The number of aromatic nitrogens is 1. The van der Waals surface area contributed by atoms with Gasteiger partial charge in [0, 0.05) is 21.2 Å². The minimum absolute atomic E-state index is 0.0233. The highest BCUT2D eigenvalue weighted by molar-refractivity contribution is 5.90. The predicted octanol–water partition coefficient (Wildman–Crippen LogP) is 3.55. The Labute approximate surface area is 159 Å². The lowest BCUT2D eigenvalue weighted by atomic mass is 9.98. The third-order valence-corrected chi connectivity index (χ3v) is 5.03. The minimum Gasteiger partial charge on any atom is -0.512 e. The molecule has 1 heterocycles. The molecule has 0 spiro atoms. The number of nitrogens with zero attached hydrogens (tertiary/aromatic N) is 2. The first-order valence-corrected chi connectivity index (χ1v) is 9.05. The quantitative estimate of drug-likeness (QED) is 0.495. The monoisotopic (exact) mass is 364 g/mol. The molecule has 28 heavy (non-hydrogen) atoms. The molecule has 0 bridgehead atoms. The molecule has 0 fully saturated rings.